The van der Waals surface area contributed by atoms with E-state index >= 15 is 0 Å². The summed E-state index contributed by atoms with van der Waals surface area (Å²) in [6.45, 7) is 11.1. The van der Waals surface area contributed by atoms with E-state index in [1.807, 2.05) is 0 Å². The number of rotatable bonds is 3. The molecule has 0 amide bonds. The molecule has 14 heavy (non-hydrogen) atoms. The zero-order valence-corrected chi connectivity index (χ0v) is 10.0. The molecule has 3 nitrogen and oxygen atoms in total. The maximum atomic E-state index is 5.85. The largest absolute Gasteiger partial charge is 0.329 e. The topological polar surface area (TPSA) is 32.5 Å². The molecule has 3 heteroatoms. The Morgan fingerprint density at radius 1 is 1.36 bits per heavy atom. The van der Waals surface area contributed by atoms with Gasteiger partial charge in [-0.3, -0.25) is 4.90 Å². The number of nitrogens with zero attached hydrogens (tertiary/aromatic N) is 2. The van der Waals surface area contributed by atoms with Gasteiger partial charge in [0.1, 0.15) is 0 Å². The molecular weight excluding hydrogens is 174 g/mol. The maximum absolute atomic E-state index is 5.85. The standard InChI is InChI=1S/C11H25N3/c1-9(2)11(7-12)14-6-5-13(4)8-10(14)3/h9-11H,5-8,12H2,1-4H3. The summed E-state index contributed by atoms with van der Waals surface area (Å²) in [6.07, 6.45) is 0. The summed E-state index contributed by atoms with van der Waals surface area (Å²) in [4.78, 5) is 4.97. The average molecular weight is 199 g/mol. The van der Waals surface area contributed by atoms with Crippen LogP contribution in [0.15, 0.2) is 0 Å². The molecule has 1 aliphatic rings. The van der Waals surface area contributed by atoms with Crippen molar-refractivity contribution in [2.45, 2.75) is 32.9 Å². The van der Waals surface area contributed by atoms with Gasteiger partial charge in [0.25, 0.3) is 0 Å². The van der Waals surface area contributed by atoms with E-state index in [2.05, 4.69) is 37.6 Å². The van der Waals surface area contributed by atoms with E-state index in [4.69, 9.17) is 5.73 Å². The molecule has 0 aromatic heterocycles. The predicted octanol–water partition coefficient (Wildman–Crippen LogP) is 0.606. The fourth-order valence-corrected chi connectivity index (χ4v) is 2.44. The molecule has 1 aliphatic heterocycles. The van der Waals surface area contributed by atoms with Gasteiger partial charge in [-0.05, 0) is 19.9 Å². The Kier molecular flexibility index (Phi) is 4.35. The SMILES string of the molecule is CC(C)C(CN)N1CCN(C)CC1C. The molecule has 0 aromatic carbocycles. The van der Waals surface area contributed by atoms with Crippen LogP contribution in [0.25, 0.3) is 0 Å². The molecule has 1 saturated heterocycles. The molecule has 2 N–H and O–H groups in total. The minimum atomic E-state index is 0.554. The molecule has 0 aromatic rings. The van der Waals surface area contributed by atoms with Gasteiger partial charge in [-0.15, -0.1) is 0 Å². The van der Waals surface area contributed by atoms with Crippen LogP contribution in [0.3, 0.4) is 0 Å². The maximum Gasteiger partial charge on any atom is 0.0245 e. The molecular formula is C11H25N3. The fraction of sp³-hybridized carbons (Fsp3) is 1.00. The van der Waals surface area contributed by atoms with Gasteiger partial charge in [0, 0.05) is 38.3 Å². The number of hydrogen-bond donors (Lipinski definition) is 1. The van der Waals surface area contributed by atoms with Crippen LogP contribution in [0, 0.1) is 5.92 Å². The van der Waals surface area contributed by atoms with Crippen LogP contribution in [0.5, 0.6) is 0 Å². The summed E-state index contributed by atoms with van der Waals surface area (Å²) in [7, 11) is 2.20. The highest BCUT2D eigenvalue weighted by Gasteiger charge is 2.28. The molecule has 0 saturated carbocycles. The lowest BCUT2D eigenvalue weighted by Crippen LogP contribution is -2.57. The first-order valence-electron chi connectivity index (χ1n) is 5.70. The van der Waals surface area contributed by atoms with Gasteiger partial charge >= 0.3 is 0 Å². The van der Waals surface area contributed by atoms with E-state index in [0.717, 1.165) is 13.1 Å². The van der Waals surface area contributed by atoms with Crippen molar-refractivity contribution in [1.82, 2.24) is 9.80 Å². The Balaban J connectivity index is 2.57. The summed E-state index contributed by atoms with van der Waals surface area (Å²) in [5.41, 5.74) is 5.85. The average Bonchev–Trinajstić information content (AvgIpc) is 2.09. The van der Waals surface area contributed by atoms with Crippen molar-refractivity contribution in [3.05, 3.63) is 0 Å². The van der Waals surface area contributed by atoms with Crippen molar-refractivity contribution in [3.63, 3.8) is 0 Å². The third-order valence-corrected chi connectivity index (χ3v) is 3.32. The van der Waals surface area contributed by atoms with Gasteiger partial charge in [0.05, 0.1) is 0 Å². The van der Waals surface area contributed by atoms with Gasteiger partial charge in [0.2, 0.25) is 0 Å². The first-order valence-corrected chi connectivity index (χ1v) is 5.70. The van der Waals surface area contributed by atoms with Crippen molar-refractivity contribution in [2.75, 3.05) is 33.2 Å². The lowest BCUT2D eigenvalue weighted by Gasteiger charge is -2.44. The molecule has 1 heterocycles. The molecule has 2 atom stereocenters. The number of piperazine rings is 1. The van der Waals surface area contributed by atoms with E-state index in [1.165, 1.54) is 13.1 Å². The molecule has 1 fully saturated rings. The number of hydrogen-bond acceptors (Lipinski definition) is 3. The minimum Gasteiger partial charge on any atom is -0.329 e. The quantitative estimate of drug-likeness (QED) is 0.723. The van der Waals surface area contributed by atoms with E-state index in [9.17, 15) is 0 Å². The normalized spacial score (nSPS) is 28.3. The van der Waals surface area contributed by atoms with Gasteiger partial charge in [0.15, 0.2) is 0 Å². The summed E-state index contributed by atoms with van der Waals surface area (Å²) in [5, 5.41) is 0. The van der Waals surface area contributed by atoms with Gasteiger partial charge in [-0.25, -0.2) is 0 Å². The molecule has 84 valence electrons. The van der Waals surface area contributed by atoms with Crippen LogP contribution >= 0.6 is 0 Å². The highest BCUT2D eigenvalue weighted by Crippen LogP contribution is 2.16. The molecule has 0 radical (unpaired) electrons. The first kappa shape index (κ1) is 12.0. The molecule has 2 unspecified atom stereocenters. The van der Waals surface area contributed by atoms with Crippen LogP contribution in [-0.2, 0) is 0 Å². The van der Waals surface area contributed by atoms with Crippen molar-refractivity contribution < 1.29 is 0 Å². The van der Waals surface area contributed by atoms with Crippen LogP contribution in [0.2, 0.25) is 0 Å². The fourth-order valence-electron chi connectivity index (χ4n) is 2.44. The van der Waals surface area contributed by atoms with Crippen molar-refractivity contribution in [3.8, 4) is 0 Å². The summed E-state index contributed by atoms with van der Waals surface area (Å²) in [6, 6.07) is 1.20. The second kappa shape index (κ2) is 5.10. The summed E-state index contributed by atoms with van der Waals surface area (Å²) in [5.74, 6) is 0.658. The molecule has 0 spiro atoms. The third kappa shape index (κ3) is 2.69. The van der Waals surface area contributed by atoms with Crippen molar-refractivity contribution >= 4 is 0 Å². The Bertz CT molecular complexity index is 170. The van der Waals surface area contributed by atoms with Crippen LogP contribution in [0.4, 0.5) is 0 Å². The Morgan fingerprint density at radius 3 is 2.43 bits per heavy atom. The Morgan fingerprint density at radius 2 is 2.00 bits per heavy atom. The lowest BCUT2D eigenvalue weighted by molar-refractivity contribution is 0.0460. The van der Waals surface area contributed by atoms with Crippen LogP contribution < -0.4 is 5.73 Å². The Hall–Kier alpha value is -0.120. The minimum absolute atomic E-state index is 0.554. The van der Waals surface area contributed by atoms with Crippen molar-refractivity contribution in [1.29, 1.82) is 0 Å². The predicted molar refractivity (Wildman–Crippen MR) is 61.3 cm³/mol. The zero-order chi connectivity index (χ0) is 10.7. The highest BCUT2D eigenvalue weighted by molar-refractivity contribution is 4.85. The molecule has 0 aliphatic carbocycles. The number of nitrogens with two attached hydrogens (primary N) is 1. The smallest absolute Gasteiger partial charge is 0.0245 e. The monoisotopic (exact) mass is 199 g/mol. The van der Waals surface area contributed by atoms with Crippen molar-refractivity contribution in [2.24, 2.45) is 11.7 Å². The van der Waals surface area contributed by atoms with E-state index in [1.54, 1.807) is 0 Å². The first-order chi connectivity index (χ1) is 6.56. The highest BCUT2D eigenvalue weighted by atomic mass is 15.3. The lowest BCUT2D eigenvalue weighted by atomic mass is 9.99. The summed E-state index contributed by atoms with van der Waals surface area (Å²) >= 11 is 0. The molecule has 0 bridgehead atoms. The zero-order valence-electron chi connectivity index (χ0n) is 10.0. The summed E-state index contributed by atoms with van der Waals surface area (Å²) < 4.78 is 0. The second-order valence-electron chi connectivity index (χ2n) is 4.90. The molecule has 1 rings (SSSR count). The van der Waals surface area contributed by atoms with E-state index in [0.29, 0.717) is 18.0 Å². The Labute approximate surface area is 88.2 Å². The van der Waals surface area contributed by atoms with E-state index < -0.39 is 0 Å². The van der Waals surface area contributed by atoms with Crippen LogP contribution in [-0.4, -0.2) is 55.1 Å². The third-order valence-electron chi connectivity index (χ3n) is 3.32. The van der Waals surface area contributed by atoms with Crippen LogP contribution in [0.1, 0.15) is 20.8 Å². The van der Waals surface area contributed by atoms with E-state index in [-0.39, 0.29) is 0 Å². The van der Waals surface area contributed by atoms with Gasteiger partial charge in [-0.1, -0.05) is 13.8 Å². The van der Waals surface area contributed by atoms with Gasteiger partial charge < -0.3 is 10.6 Å². The number of likely N-dealkylation sites (N-methyl/N-ethyl adjacent to an activating group) is 1. The van der Waals surface area contributed by atoms with Gasteiger partial charge in [-0.2, -0.15) is 0 Å². The second-order valence-corrected chi connectivity index (χ2v) is 4.90.